The van der Waals surface area contributed by atoms with E-state index in [9.17, 15) is 0 Å². The van der Waals surface area contributed by atoms with Crippen molar-refractivity contribution in [1.29, 1.82) is 0 Å². The number of rotatable bonds is 4. The smallest absolute Gasteiger partial charge is 0.0801 e. The molecule has 3 nitrogen and oxygen atoms in total. The summed E-state index contributed by atoms with van der Waals surface area (Å²) in [5.41, 5.74) is 4.46. The van der Waals surface area contributed by atoms with Crippen molar-refractivity contribution in [2.75, 3.05) is 7.05 Å². The summed E-state index contributed by atoms with van der Waals surface area (Å²) < 4.78 is 0. The molecule has 0 saturated heterocycles. The quantitative estimate of drug-likeness (QED) is 0.911. The second-order valence-electron chi connectivity index (χ2n) is 5.13. The zero-order valence-electron chi connectivity index (χ0n) is 12.0. The molecule has 100 valence electrons. The van der Waals surface area contributed by atoms with Gasteiger partial charge in [0, 0.05) is 6.20 Å². The van der Waals surface area contributed by atoms with Crippen LogP contribution in [0, 0.1) is 6.92 Å². The van der Waals surface area contributed by atoms with Crippen LogP contribution in [-0.2, 0) is 0 Å². The number of benzene rings is 1. The lowest BCUT2D eigenvalue weighted by molar-refractivity contribution is 0.665. The maximum absolute atomic E-state index is 4.46. The fourth-order valence-electron chi connectivity index (χ4n) is 2.11. The predicted molar refractivity (Wildman–Crippen MR) is 78.2 cm³/mol. The van der Waals surface area contributed by atoms with Crippen LogP contribution in [0.2, 0.25) is 0 Å². The molecule has 1 unspecified atom stereocenters. The van der Waals surface area contributed by atoms with Crippen LogP contribution < -0.4 is 5.32 Å². The first kappa shape index (κ1) is 13.7. The maximum Gasteiger partial charge on any atom is 0.0801 e. The van der Waals surface area contributed by atoms with Crippen LogP contribution >= 0.6 is 0 Å². The Balaban J connectivity index is 2.28. The number of nitrogens with one attached hydrogen (secondary N) is 1. The average molecular weight is 255 g/mol. The summed E-state index contributed by atoms with van der Waals surface area (Å²) in [5, 5.41) is 3.30. The van der Waals surface area contributed by atoms with Gasteiger partial charge < -0.3 is 5.32 Å². The van der Waals surface area contributed by atoms with Crippen LogP contribution in [0.4, 0.5) is 0 Å². The Hall–Kier alpha value is -1.74. The molecule has 3 heteroatoms. The fourth-order valence-corrected chi connectivity index (χ4v) is 2.11. The van der Waals surface area contributed by atoms with Gasteiger partial charge in [0.1, 0.15) is 0 Å². The largest absolute Gasteiger partial charge is 0.308 e. The van der Waals surface area contributed by atoms with Crippen LogP contribution in [0.1, 0.15) is 48.3 Å². The molecule has 0 bridgehead atoms. The summed E-state index contributed by atoms with van der Waals surface area (Å²) in [7, 11) is 1.95. The van der Waals surface area contributed by atoms with Crippen molar-refractivity contribution >= 4 is 0 Å². The highest BCUT2D eigenvalue weighted by atomic mass is 14.9. The molecule has 0 radical (unpaired) electrons. The topological polar surface area (TPSA) is 37.8 Å². The third-order valence-corrected chi connectivity index (χ3v) is 3.32. The summed E-state index contributed by atoms with van der Waals surface area (Å²) in [6.07, 6.45) is 3.65. The van der Waals surface area contributed by atoms with E-state index in [1.165, 1.54) is 11.1 Å². The number of aromatic nitrogens is 2. The van der Waals surface area contributed by atoms with Gasteiger partial charge in [-0.05, 0) is 31.0 Å². The SMILES string of the molecule is CNC(c1ccc(C(C)C)cc1)c1cnc(C)cn1. The summed E-state index contributed by atoms with van der Waals surface area (Å²) in [6, 6.07) is 8.79. The Kier molecular flexibility index (Phi) is 4.27. The molecule has 19 heavy (non-hydrogen) atoms. The van der Waals surface area contributed by atoms with Crippen LogP contribution in [0.15, 0.2) is 36.7 Å². The van der Waals surface area contributed by atoms with Crippen molar-refractivity contribution in [3.8, 4) is 0 Å². The summed E-state index contributed by atoms with van der Waals surface area (Å²) in [6.45, 7) is 6.36. The molecule has 1 atom stereocenters. The predicted octanol–water partition coefficient (Wildman–Crippen LogP) is 3.22. The number of nitrogens with zero attached hydrogens (tertiary/aromatic N) is 2. The van der Waals surface area contributed by atoms with Crippen LogP contribution in [0.3, 0.4) is 0 Å². The van der Waals surface area contributed by atoms with Gasteiger partial charge in [-0.15, -0.1) is 0 Å². The van der Waals surface area contributed by atoms with Crippen LogP contribution in [-0.4, -0.2) is 17.0 Å². The van der Waals surface area contributed by atoms with Crippen molar-refractivity contribution in [2.24, 2.45) is 0 Å². The first-order valence-corrected chi connectivity index (χ1v) is 6.67. The Morgan fingerprint density at radius 1 is 0.947 bits per heavy atom. The third kappa shape index (κ3) is 3.18. The van der Waals surface area contributed by atoms with Crippen LogP contribution in [0.25, 0.3) is 0 Å². The average Bonchev–Trinajstić information content (AvgIpc) is 2.42. The van der Waals surface area contributed by atoms with Crippen molar-refractivity contribution in [3.05, 3.63) is 59.2 Å². The molecule has 0 aliphatic carbocycles. The molecule has 2 aromatic rings. The Bertz CT molecular complexity index is 515. The Morgan fingerprint density at radius 2 is 1.58 bits per heavy atom. The lowest BCUT2D eigenvalue weighted by atomic mass is 9.98. The minimum Gasteiger partial charge on any atom is -0.308 e. The normalized spacial score (nSPS) is 12.7. The molecule has 1 aromatic carbocycles. The molecule has 1 heterocycles. The molecule has 0 aliphatic heterocycles. The van der Waals surface area contributed by atoms with Crippen molar-refractivity contribution in [3.63, 3.8) is 0 Å². The first-order valence-electron chi connectivity index (χ1n) is 6.67. The van der Waals surface area contributed by atoms with Gasteiger partial charge in [0.25, 0.3) is 0 Å². The van der Waals surface area contributed by atoms with Crippen LogP contribution in [0.5, 0.6) is 0 Å². The van der Waals surface area contributed by atoms with E-state index < -0.39 is 0 Å². The summed E-state index contributed by atoms with van der Waals surface area (Å²) >= 11 is 0. The van der Waals surface area contributed by atoms with Crippen molar-refractivity contribution < 1.29 is 0 Å². The van der Waals surface area contributed by atoms with E-state index in [0.29, 0.717) is 5.92 Å². The standard InChI is InChI=1S/C16H21N3/c1-11(2)13-5-7-14(8-6-13)16(17-4)15-10-18-12(3)9-19-15/h5-11,16-17H,1-4H3. The molecule has 0 saturated carbocycles. The van der Waals surface area contributed by atoms with Gasteiger partial charge in [-0.3, -0.25) is 9.97 Å². The van der Waals surface area contributed by atoms with E-state index in [-0.39, 0.29) is 6.04 Å². The zero-order chi connectivity index (χ0) is 13.8. The second-order valence-corrected chi connectivity index (χ2v) is 5.13. The minimum absolute atomic E-state index is 0.0920. The van der Waals surface area contributed by atoms with E-state index in [1.54, 1.807) is 0 Å². The molecule has 2 rings (SSSR count). The van der Waals surface area contributed by atoms with Crippen molar-refractivity contribution in [1.82, 2.24) is 15.3 Å². The van der Waals surface area contributed by atoms with Gasteiger partial charge in [0.2, 0.25) is 0 Å². The van der Waals surface area contributed by atoms with Gasteiger partial charge in [-0.2, -0.15) is 0 Å². The number of hydrogen-bond donors (Lipinski definition) is 1. The Labute approximate surface area is 115 Å². The second kappa shape index (κ2) is 5.93. The summed E-state index contributed by atoms with van der Waals surface area (Å²) in [4.78, 5) is 8.78. The number of hydrogen-bond acceptors (Lipinski definition) is 3. The molecule has 0 amide bonds. The number of aryl methyl sites for hydroxylation is 1. The highest BCUT2D eigenvalue weighted by Gasteiger charge is 2.13. The van der Waals surface area contributed by atoms with Gasteiger partial charge >= 0.3 is 0 Å². The lowest BCUT2D eigenvalue weighted by Gasteiger charge is -2.17. The maximum atomic E-state index is 4.46. The third-order valence-electron chi connectivity index (χ3n) is 3.32. The lowest BCUT2D eigenvalue weighted by Crippen LogP contribution is -2.19. The monoisotopic (exact) mass is 255 g/mol. The molecule has 0 fully saturated rings. The van der Waals surface area contributed by atoms with Gasteiger partial charge in [-0.25, -0.2) is 0 Å². The highest BCUT2D eigenvalue weighted by molar-refractivity contribution is 5.31. The van der Waals surface area contributed by atoms with Gasteiger partial charge in [0.15, 0.2) is 0 Å². The molecule has 1 aromatic heterocycles. The van der Waals surface area contributed by atoms with E-state index in [2.05, 4.69) is 53.4 Å². The fraction of sp³-hybridized carbons (Fsp3) is 0.375. The van der Waals surface area contributed by atoms with Gasteiger partial charge in [-0.1, -0.05) is 38.1 Å². The molecule has 0 spiro atoms. The van der Waals surface area contributed by atoms with Crippen molar-refractivity contribution in [2.45, 2.75) is 32.7 Å². The molecule has 0 aliphatic rings. The van der Waals surface area contributed by atoms with E-state index in [1.807, 2.05) is 26.4 Å². The van der Waals surface area contributed by atoms with E-state index >= 15 is 0 Å². The highest BCUT2D eigenvalue weighted by Crippen LogP contribution is 2.22. The molecular weight excluding hydrogens is 234 g/mol. The molecular formula is C16H21N3. The molecule has 1 N–H and O–H groups in total. The first-order chi connectivity index (χ1) is 9.11. The zero-order valence-corrected chi connectivity index (χ0v) is 12.0. The van der Waals surface area contributed by atoms with Gasteiger partial charge in [0.05, 0.1) is 23.6 Å². The van der Waals surface area contributed by atoms with E-state index in [0.717, 1.165) is 11.4 Å². The van der Waals surface area contributed by atoms with E-state index in [4.69, 9.17) is 0 Å². The summed E-state index contributed by atoms with van der Waals surface area (Å²) in [5.74, 6) is 0.557. The minimum atomic E-state index is 0.0920. The Morgan fingerprint density at radius 3 is 2.05 bits per heavy atom.